The van der Waals surface area contributed by atoms with Crippen LogP contribution in [-0.2, 0) is 4.74 Å². The first-order valence-corrected chi connectivity index (χ1v) is 9.11. The molecule has 0 radical (unpaired) electrons. The summed E-state index contributed by atoms with van der Waals surface area (Å²) in [6.45, 7) is 7.51. The minimum Gasteiger partial charge on any atom is -0.381 e. The Balaban J connectivity index is 1.55. The van der Waals surface area contributed by atoms with E-state index in [2.05, 4.69) is 19.2 Å². The topological polar surface area (TPSA) is 33.6 Å². The van der Waals surface area contributed by atoms with Gasteiger partial charge in [0.2, 0.25) is 0 Å². The summed E-state index contributed by atoms with van der Waals surface area (Å²) in [6.07, 6.45) is 7.69. The summed E-state index contributed by atoms with van der Waals surface area (Å²) in [4.78, 5) is 4.90. The molecule has 2 aliphatic heterocycles. The number of hydrogen-bond donors (Lipinski definition) is 1. The average molecular weight is 296 g/mol. The lowest BCUT2D eigenvalue weighted by Gasteiger charge is -2.36. The number of nitrogens with one attached hydrogen (secondary N) is 1. The Morgan fingerprint density at radius 3 is 2.65 bits per heavy atom. The van der Waals surface area contributed by atoms with E-state index in [0.717, 1.165) is 38.5 Å². The summed E-state index contributed by atoms with van der Waals surface area (Å²) in [5.41, 5.74) is 0.719. The van der Waals surface area contributed by atoms with Crippen LogP contribution in [0, 0.1) is 11.3 Å². The van der Waals surface area contributed by atoms with Crippen molar-refractivity contribution in [3.8, 4) is 0 Å². The zero-order valence-electron chi connectivity index (χ0n) is 12.9. The number of ether oxygens (including phenoxy) is 1. The molecular weight excluding hydrogens is 268 g/mol. The van der Waals surface area contributed by atoms with E-state index in [9.17, 15) is 0 Å². The van der Waals surface area contributed by atoms with E-state index >= 15 is 0 Å². The van der Waals surface area contributed by atoms with Gasteiger partial charge in [0.15, 0.2) is 5.17 Å². The molecule has 114 valence electrons. The van der Waals surface area contributed by atoms with E-state index in [0.29, 0.717) is 11.0 Å². The third-order valence-electron chi connectivity index (χ3n) is 5.39. The van der Waals surface area contributed by atoms with Gasteiger partial charge in [0.25, 0.3) is 0 Å². The highest BCUT2D eigenvalue weighted by atomic mass is 32.2. The zero-order chi connectivity index (χ0) is 14.1. The molecule has 3 aliphatic rings. The Morgan fingerprint density at radius 2 is 1.95 bits per heavy atom. The Labute approximate surface area is 127 Å². The second-order valence-electron chi connectivity index (χ2n) is 7.42. The largest absolute Gasteiger partial charge is 0.381 e. The molecule has 1 aliphatic carbocycles. The zero-order valence-corrected chi connectivity index (χ0v) is 13.7. The second-order valence-corrected chi connectivity index (χ2v) is 8.38. The SMILES string of the molecule is CC1CCC2(CC1)CSC(=NCC1(C)CCOCC1)N2. The number of hydrogen-bond acceptors (Lipinski definition) is 3. The quantitative estimate of drug-likeness (QED) is 0.847. The summed E-state index contributed by atoms with van der Waals surface area (Å²) in [6, 6.07) is 0. The molecule has 0 bridgehead atoms. The normalized spacial score (nSPS) is 39.1. The van der Waals surface area contributed by atoms with Crippen molar-refractivity contribution >= 4 is 16.9 Å². The van der Waals surface area contributed by atoms with Crippen molar-refractivity contribution in [3.63, 3.8) is 0 Å². The van der Waals surface area contributed by atoms with Gasteiger partial charge in [-0.25, -0.2) is 0 Å². The van der Waals surface area contributed by atoms with Crippen LogP contribution in [-0.4, -0.2) is 36.2 Å². The molecule has 0 amide bonds. The maximum Gasteiger partial charge on any atom is 0.157 e. The van der Waals surface area contributed by atoms with Crippen molar-refractivity contribution in [1.82, 2.24) is 5.32 Å². The van der Waals surface area contributed by atoms with Crippen molar-refractivity contribution < 1.29 is 4.74 Å². The first kappa shape index (κ1) is 14.7. The highest BCUT2D eigenvalue weighted by Crippen LogP contribution is 2.38. The van der Waals surface area contributed by atoms with Gasteiger partial charge in [-0.15, -0.1) is 0 Å². The van der Waals surface area contributed by atoms with Gasteiger partial charge >= 0.3 is 0 Å². The van der Waals surface area contributed by atoms with E-state index in [-0.39, 0.29) is 0 Å². The molecule has 0 atom stereocenters. The van der Waals surface area contributed by atoms with Crippen LogP contribution in [0.4, 0.5) is 0 Å². The van der Waals surface area contributed by atoms with Gasteiger partial charge in [-0.05, 0) is 49.9 Å². The summed E-state index contributed by atoms with van der Waals surface area (Å²) in [5, 5.41) is 4.97. The van der Waals surface area contributed by atoms with Crippen LogP contribution in [0.25, 0.3) is 0 Å². The Bertz CT molecular complexity index is 369. The van der Waals surface area contributed by atoms with Gasteiger partial charge in [-0.1, -0.05) is 25.6 Å². The first-order valence-electron chi connectivity index (χ1n) is 8.13. The van der Waals surface area contributed by atoms with Crippen LogP contribution in [0.15, 0.2) is 4.99 Å². The maximum atomic E-state index is 5.47. The van der Waals surface area contributed by atoms with Gasteiger partial charge in [-0.3, -0.25) is 4.99 Å². The van der Waals surface area contributed by atoms with Crippen LogP contribution in [0.2, 0.25) is 0 Å². The predicted octanol–water partition coefficient (Wildman–Crippen LogP) is 3.44. The van der Waals surface area contributed by atoms with Crippen LogP contribution >= 0.6 is 11.8 Å². The van der Waals surface area contributed by atoms with Crippen LogP contribution < -0.4 is 5.32 Å². The number of thioether (sulfide) groups is 1. The Kier molecular flexibility index (Phi) is 4.32. The molecule has 3 rings (SSSR count). The van der Waals surface area contributed by atoms with Gasteiger partial charge in [-0.2, -0.15) is 0 Å². The smallest absolute Gasteiger partial charge is 0.157 e. The summed E-state index contributed by atoms with van der Waals surface area (Å²) >= 11 is 1.94. The number of rotatable bonds is 2. The molecule has 2 heterocycles. The van der Waals surface area contributed by atoms with Crippen LogP contribution in [0.5, 0.6) is 0 Å². The highest BCUT2D eigenvalue weighted by Gasteiger charge is 2.39. The molecule has 3 fully saturated rings. The second kappa shape index (κ2) is 5.88. The van der Waals surface area contributed by atoms with Crippen molar-refractivity contribution in [2.45, 2.75) is 57.9 Å². The van der Waals surface area contributed by atoms with Crippen molar-refractivity contribution in [2.75, 3.05) is 25.5 Å². The summed E-state index contributed by atoms with van der Waals surface area (Å²) in [5.74, 6) is 2.13. The summed E-state index contributed by atoms with van der Waals surface area (Å²) < 4.78 is 5.47. The molecule has 20 heavy (non-hydrogen) atoms. The minimum absolute atomic E-state index is 0.352. The van der Waals surface area contributed by atoms with E-state index in [1.807, 2.05) is 11.8 Å². The fourth-order valence-corrected chi connectivity index (χ4v) is 4.68. The highest BCUT2D eigenvalue weighted by molar-refractivity contribution is 8.14. The molecule has 1 N–H and O–H groups in total. The number of amidine groups is 1. The molecule has 0 aromatic carbocycles. The molecule has 3 nitrogen and oxygen atoms in total. The third-order valence-corrected chi connectivity index (χ3v) is 6.59. The van der Waals surface area contributed by atoms with Crippen LogP contribution in [0.1, 0.15) is 52.4 Å². The van der Waals surface area contributed by atoms with E-state index in [1.165, 1.54) is 36.6 Å². The van der Waals surface area contributed by atoms with Crippen LogP contribution in [0.3, 0.4) is 0 Å². The first-order chi connectivity index (χ1) is 9.59. The molecular formula is C16H28N2OS. The molecule has 0 aromatic rings. The maximum absolute atomic E-state index is 5.47. The molecule has 2 saturated heterocycles. The van der Waals surface area contributed by atoms with E-state index in [1.54, 1.807) is 0 Å². The Morgan fingerprint density at radius 1 is 1.25 bits per heavy atom. The average Bonchev–Trinajstić information content (AvgIpc) is 2.85. The minimum atomic E-state index is 0.352. The van der Waals surface area contributed by atoms with Crippen molar-refractivity contribution in [2.24, 2.45) is 16.3 Å². The van der Waals surface area contributed by atoms with Crippen molar-refractivity contribution in [3.05, 3.63) is 0 Å². The number of nitrogens with zero attached hydrogens (tertiary/aromatic N) is 1. The van der Waals surface area contributed by atoms with Gasteiger partial charge in [0.1, 0.15) is 0 Å². The van der Waals surface area contributed by atoms with Gasteiger partial charge < -0.3 is 10.1 Å². The molecule has 1 spiro atoms. The fourth-order valence-electron chi connectivity index (χ4n) is 3.46. The molecule has 4 heteroatoms. The lowest BCUT2D eigenvalue weighted by atomic mass is 9.78. The predicted molar refractivity (Wildman–Crippen MR) is 86.4 cm³/mol. The van der Waals surface area contributed by atoms with E-state index < -0.39 is 0 Å². The molecule has 0 aromatic heterocycles. The standard InChI is InChI=1S/C16H28N2OS/c1-13-3-5-16(6-4-13)12-20-14(18-16)17-11-15(2)7-9-19-10-8-15/h13H,3-12H2,1-2H3,(H,17,18). The summed E-state index contributed by atoms with van der Waals surface area (Å²) in [7, 11) is 0. The van der Waals surface area contributed by atoms with E-state index in [4.69, 9.17) is 9.73 Å². The third kappa shape index (κ3) is 3.33. The lowest BCUT2D eigenvalue weighted by molar-refractivity contribution is 0.0283. The van der Waals surface area contributed by atoms with Gasteiger partial charge in [0, 0.05) is 31.1 Å². The molecule has 1 saturated carbocycles. The number of aliphatic imine (C=N–C) groups is 1. The lowest BCUT2D eigenvalue weighted by Crippen LogP contribution is -2.46. The monoisotopic (exact) mass is 296 g/mol. The fraction of sp³-hybridized carbons (Fsp3) is 0.938. The van der Waals surface area contributed by atoms with Crippen molar-refractivity contribution in [1.29, 1.82) is 0 Å². The molecule has 0 unspecified atom stereocenters. The Hall–Kier alpha value is -0.220. The van der Waals surface area contributed by atoms with Gasteiger partial charge in [0.05, 0.1) is 0 Å².